The lowest BCUT2D eigenvalue weighted by Crippen LogP contribution is -2.18. The van der Waals surface area contributed by atoms with Crippen LogP contribution in [0.5, 0.6) is 5.75 Å². The van der Waals surface area contributed by atoms with Crippen LogP contribution in [0.2, 0.25) is 0 Å². The van der Waals surface area contributed by atoms with Crippen LogP contribution < -0.4 is 9.54 Å². The van der Waals surface area contributed by atoms with Gasteiger partial charge in [-0.15, -0.1) is 0 Å². The van der Waals surface area contributed by atoms with Gasteiger partial charge < -0.3 is 9.30 Å². The summed E-state index contributed by atoms with van der Waals surface area (Å²) in [5, 5.41) is 0. The Morgan fingerprint density at radius 2 is 1.86 bits per heavy atom. The monoisotopic (exact) mass is 414 g/mol. The van der Waals surface area contributed by atoms with E-state index in [9.17, 15) is 4.79 Å². The standard InChI is InChI=1S/C22H26N2O2S2/c1-14(2)26-18-8-6-17(7-9-18)21(25)23-22-24(10-11-27-5)19-12-15(3)16(4)13-20(19)28-22/h6-9,12-14H,10-11H2,1-5H3. The van der Waals surface area contributed by atoms with Gasteiger partial charge in [-0.05, 0) is 81.5 Å². The molecule has 0 aliphatic carbocycles. The Balaban J connectivity index is 2.00. The maximum Gasteiger partial charge on any atom is 0.279 e. The van der Waals surface area contributed by atoms with Gasteiger partial charge >= 0.3 is 0 Å². The van der Waals surface area contributed by atoms with Gasteiger partial charge in [0.2, 0.25) is 0 Å². The molecule has 0 radical (unpaired) electrons. The molecule has 0 aliphatic rings. The summed E-state index contributed by atoms with van der Waals surface area (Å²) < 4.78 is 8.97. The van der Waals surface area contributed by atoms with Crippen molar-refractivity contribution in [3.63, 3.8) is 0 Å². The Morgan fingerprint density at radius 1 is 1.18 bits per heavy atom. The molecule has 0 bridgehead atoms. The van der Waals surface area contributed by atoms with Crippen molar-refractivity contribution in [3.05, 3.63) is 57.9 Å². The predicted octanol–water partition coefficient (Wildman–Crippen LogP) is 5.21. The molecule has 1 heterocycles. The van der Waals surface area contributed by atoms with Crippen LogP contribution in [0.3, 0.4) is 0 Å². The average Bonchev–Trinajstić information content (AvgIpc) is 2.96. The molecule has 0 unspecified atom stereocenters. The molecule has 0 saturated carbocycles. The highest BCUT2D eigenvalue weighted by molar-refractivity contribution is 7.98. The van der Waals surface area contributed by atoms with Gasteiger partial charge in [-0.2, -0.15) is 16.8 Å². The minimum atomic E-state index is -0.228. The second-order valence-corrected chi connectivity index (χ2v) is 9.04. The van der Waals surface area contributed by atoms with Crippen molar-refractivity contribution in [1.82, 2.24) is 4.57 Å². The quantitative estimate of drug-likeness (QED) is 0.556. The molecule has 0 atom stereocenters. The molecule has 0 aliphatic heterocycles. The number of carbonyl (C=O) groups excluding carboxylic acids is 1. The predicted molar refractivity (Wildman–Crippen MR) is 120 cm³/mol. The summed E-state index contributed by atoms with van der Waals surface area (Å²) in [6, 6.07) is 11.6. The van der Waals surface area contributed by atoms with Crippen molar-refractivity contribution in [2.75, 3.05) is 12.0 Å². The largest absolute Gasteiger partial charge is 0.491 e. The molecule has 6 heteroatoms. The SMILES string of the molecule is CSCCn1c(=NC(=O)c2ccc(OC(C)C)cc2)sc2cc(C)c(C)cc21. The van der Waals surface area contributed by atoms with E-state index in [4.69, 9.17) is 4.74 Å². The van der Waals surface area contributed by atoms with Gasteiger partial charge in [-0.3, -0.25) is 4.79 Å². The highest BCUT2D eigenvalue weighted by Gasteiger charge is 2.11. The number of aryl methyl sites for hydroxylation is 3. The van der Waals surface area contributed by atoms with E-state index in [0.29, 0.717) is 5.56 Å². The summed E-state index contributed by atoms with van der Waals surface area (Å²) in [6.45, 7) is 9.02. The molecule has 0 spiro atoms. The molecule has 1 amide bonds. The summed E-state index contributed by atoms with van der Waals surface area (Å²) in [7, 11) is 0. The molecule has 3 aromatic rings. The fourth-order valence-electron chi connectivity index (χ4n) is 2.91. The van der Waals surface area contributed by atoms with E-state index in [2.05, 4.69) is 41.8 Å². The maximum atomic E-state index is 12.8. The smallest absolute Gasteiger partial charge is 0.279 e. The summed E-state index contributed by atoms with van der Waals surface area (Å²) in [6.07, 6.45) is 2.19. The number of hydrogen-bond donors (Lipinski definition) is 0. The van der Waals surface area contributed by atoms with Crippen molar-refractivity contribution in [3.8, 4) is 5.75 Å². The third-order valence-corrected chi connectivity index (χ3v) is 6.12. The molecule has 148 valence electrons. The van der Waals surface area contributed by atoms with E-state index >= 15 is 0 Å². The van der Waals surface area contributed by atoms with Crippen LogP contribution in [-0.2, 0) is 6.54 Å². The van der Waals surface area contributed by atoms with E-state index in [1.54, 1.807) is 35.2 Å². The lowest BCUT2D eigenvalue weighted by molar-refractivity contribution is 0.0998. The molecule has 1 aromatic heterocycles. The number of rotatable bonds is 6. The van der Waals surface area contributed by atoms with Gasteiger partial charge in [-0.25, -0.2) is 0 Å². The van der Waals surface area contributed by atoms with Crippen LogP contribution in [-0.4, -0.2) is 28.6 Å². The van der Waals surface area contributed by atoms with Gasteiger partial charge in [-0.1, -0.05) is 11.3 Å². The molecule has 4 nitrogen and oxygen atoms in total. The van der Waals surface area contributed by atoms with Crippen LogP contribution in [0.25, 0.3) is 10.2 Å². The van der Waals surface area contributed by atoms with E-state index in [1.165, 1.54) is 11.1 Å². The Hall–Kier alpha value is -2.05. The lowest BCUT2D eigenvalue weighted by atomic mass is 10.1. The molecule has 2 aromatic carbocycles. The zero-order valence-electron chi connectivity index (χ0n) is 17.0. The number of fused-ring (bicyclic) bond motifs is 1. The molecule has 0 saturated heterocycles. The van der Waals surface area contributed by atoms with E-state index in [-0.39, 0.29) is 12.0 Å². The first-order valence-electron chi connectivity index (χ1n) is 9.34. The second kappa shape index (κ2) is 8.97. The van der Waals surface area contributed by atoms with E-state index in [0.717, 1.165) is 33.1 Å². The highest BCUT2D eigenvalue weighted by atomic mass is 32.2. The van der Waals surface area contributed by atoms with E-state index < -0.39 is 0 Å². The van der Waals surface area contributed by atoms with Gasteiger partial charge in [0.25, 0.3) is 5.91 Å². The Bertz CT molecular complexity index is 1050. The lowest BCUT2D eigenvalue weighted by Gasteiger charge is -2.09. The fourth-order valence-corrected chi connectivity index (χ4v) is 4.40. The van der Waals surface area contributed by atoms with Crippen LogP contribution in [0, 0.1) is 13.8 Å². The molecule has 3 rings (SSSR count). The van der Waals surface area contributed by atoms with Gasteiger partial charge in [0.1, 0.15) is 5.75 Å². The van der Waals surface area contributed by atoms with Crippen molar-refractivity contribution < 1.29 is 9.53 Å². The van der Waals surface area contributed by atoms with Gasteiger partial charge in [0.15, 0.2) is 4.80 Å². The minimum absolute atomic E-state index is 0.104. The zero-order chi connectivity index (χ0) is 20.3. The molecular formula is C22H26N2O2S2. The number of thioether (sulfide) groups is 1. The Morgan fingerprint density at radius 3 is 2.50 bits per heavy atom. The topological polar surface area (TPSA) is 43.6 Å². The highest BCUT2D eigenvalue weighted by Crippen LogP contribution is 2.22. The average molecular weight is 415 g/mol. The zero-order valence-corrected chi connectivity index (χ0v) is 18.6. The Kier molecular flexibility index (Phi) is 6.62. The summed E-state index contributed by atoms with van der Waals surface area (Å²) in [5.41, 5.74) is 4.22. The van der Waals surface area contributed by atoms with Crippen LogP contribution in [0.15, 0.2) is 41.4 Å². The summed E-state index contributed by atoms with van der Waals surface area (Å²) in [4.78, 5) is 18.0. The molecule has 28 heavy (non-hydrogen) atoms. The number of aromatic nitrogens is 1. The van der Waals surface area contributed by atoms with Gasteiger partial charge in [0.05, 0.1) is 16.3 Å². The first-order valence-corrected chi connectivity index (χ1v) is 11.6. The molecule has 0 fully saturated rings. The fraction of sp³-hybridized carbons (Fsp3) is 0.364. The Labute approximate surface area is 174 Å². The van der Waals surface area contributed by atoms with Crippen molar-refractivity contribution >= 4 is 39.2 Å². The van der Waals surface area contributed by atoms with Crippen molar-refractivity contribution in [1.29, 1.82) is 0 Å². The summed E-state index contributed by atoms with van der Waals surface area (Å²) >= 11 is 3.36. The van der Waals surface area contributed by atoms with Crippen LogP contribution >= 0.6 is 23.1 Å². The number of ether oxygens (including phenoxy) is 1. The first-order chi connectivity index (χ1) is 13.4. The van der Waals surface area contributed by atoms with Crippen LogP contribution in [0.1, 0.15) is 35.3 Å². The normalized spacial score (nSPS) is 12.1. The van der Waals surface area contributed by atoms with E-state index in [1.807, 2.05) is 26.0 Å². The number of benzene rings is 2. The van der Waals surface area contributed by atoms with Crippen LogP contribution in [0.4, 0.5) is 0 Å². The third kappa shape index (κ3) is 4.67. The number of amides is 1. The molecule has 0 N–H and O–H groups in total. The number of carbonyl (C=O) groups is 1. The number of hydrogen-bond acceptors (Lipinski definition) is 4. The third-order valence-electron chi connectivity index (χ3n) is 4.49. The maximum absolute atomic E-state index is 12.8. The number of thiazole rings is 1. The number of nitrogens with zero attached hydrogens (tertiary/aromatic N) is 2. The first kappa shape index (κ1) is 20.7. The van der Waals surface area contributed by atoms with Crippen molar-refractivity contribution in [2.45, 2.75) is 40.3 Å². The van der Waals surface area contributed by atoms with Crippen molar-refractivity contribution in [2.24, 2.45) is 4.99 Å². The second-order valence-electron chi connectivity index (χ2n) is 7.04. The van der Waals surface area contributed by atoms with Gasteiger partial charge in [0, 0.05) is 17.9 Å². The minimum Gasteiger partial charge on any atom is -0.491 e. The molecular weight excluding hydrogens is 388 g/mol. The summed E-state index contributed by atoms with van der Waals surface area (Å²) in [5.74, 6) is 1.50.